The number of rotatable bonds is 6. The zero-order valence-corrected chi connectivity index (χ0v) is 11.6. The molecule has 0 radical (unpaired) electrons. The second-order valence-corrected chi connectivity index (χ2v) is 4.59. The zero-order chi connectivity index (χ0) is 15.2. The summed E-state index contributed by atoms with van der Waals surface area (Å²) in [4.78, 5) is 4.08. The molecule has 0 bridgehead atoms. The third kappa shape index (κ3) is 4.21. The summed E-state index contributed by atoms with van der Waals surface area (Å²) in [6.07, 6.45) is 3.58. The van der Waals surface area contributed by atoms with Crippen LogP contribution in [0.2, 0.25) is 0 Å². The smallest absolute Gasteiger partial charge is 0.137 e. The molecule has 4 nitrogen and oxygen atoms in total. The van der Waals surface area contributed by atoms with Crippen molar-refractivity contribution in [3.63, 3.8) is 0 Å². The molecule has 1 aromatic heterocycles. The van der Waals surface area contributed by atoms with Crippen molar-refractivity contribution in [3.8, 4) is 5.75 Å². The highest BCUT2D eigenvalue weighted by Gasteiger charge is 2.13. The van der Waals surface area contributed by atoms with Crippen molar-refractivity contribution in [3.05, 3.63) is 59.4 Å². The SMILES string of the molecule is CCOc1cncc(C(Cc2cc(F)cc(F)c2)NN)c1. The Hall–Kier alpha value is -2.05. The van der Waals surface area contributed by atoms with Crippen molar-refractivity contribution in [1.29, 1.82) is 0 Å². The maximum atomic E-state index is 13.2. The summed E-state index contributed by atoms with van der Waals surface area (Å²) in [6.45, 7) is 2.40. The number of benzene rings is 1. The Morgan fingerprint density at radius 1 is 1.19 bits per heavy atom. The zero-order valence-electron chi connectivity index (χ0n) is 11.6. The number of nitrogens with one attached hydrogen (secondary N) is 1. The van der Waals surface area contributed by atoms with Gasteiger partial charge in [-0.05, 0) is 42.7 Å². The number of halogens is 2. The summed E-state index contributed by atoms with van der Waals surface area (Å²) in [5, 5.41) is 0. The topological polar surface area (TPSA) is 60.2 Å². The van der Waals surface area contributed by atoms with Crippen LogP contribution < -0.4 is 16.0 Å². The molecule has 0 aliphatic carbocycles. The summed E-state index contributed by atoms with van der Waals surface area (Å²) in [6, 6.07) is 4.89. The first kappa shape index (κ1) is 15.3. The molecule has 0 aliphatic heterocycles. The van der Waals surface area contributed by atoms with Crippen LogP contribution >= 0.6 is 0 Å². The number of nitrogens with zero attached hydrogens (tertiary/aromatic N) is 1. The Kier molecular flexibility index (Phi) is 5.19. The monoisotopic (exact) mass is 293 g/mol. The first-order valence-electron chi connectivity index (χ1n) is 6.61. The second kappa shape index (κ2) is 7.10. The van der Waals surface area contributed by atoms with E-state index in [0.29, 0.717) is 24.3 Å². The fraction of sp³-hybridized carbons (Fsp3) is 0.267. The molecule has 0 aliphatic rings. The lowest BCUT2D eigenvalue weighted by Crippen LogP contribution is -2.29. The van der Waals surface area contributed by atoms with Crippen LogP contribution in [0.5, 0.6) is 5.75 Å². The minimum absolute atomic E-state index is 0.320. The van der Waals surface area contributed by atoms with Crippen molar-refractivity contribution in [2.24, 2.45) is 5.84 Å². The van der Waals surface area contributed by atoms with E-state index in [9.17, 15) is 8.78 Å². The third-order valence-electron chi connectivity index (χ3n) is 3.01. The maximum Gasteiger partial charge on any atom is 0.137 e. The molecule has 0 fully saturated rings. The minimum Gasteiger partial charge on any atom is -0.492 e. The molecular formula is C15H17F2N3O. The molecule has 112 valence electrons. The number of aromatic nitrogens is 1. The Labute approximate surface area is 121 Å². The van der Waals surface area contributed by atoms with E-state index in [1.807, 2.05) is 6.92 Å². The number of hydrogen-bond donors (Lipinski definition) is 2. The van der Waals surface area contributed by atoms with E-state index in [-0.39, 0.29) is 6.04 Å². The van der Waals surface area contributed by atoms with E-state index in [4.69, 9.17) is 10.6 Å². The summed E-state index contributed by atoms with van der Waals surface area (Å²) < 4.78 is 31.8. The Bertz CT molecular complexity index is 587. The molecule has 2 rings (SSSR count). The van der Waals surface area contributed by atoms with Gasteiger partial charge >= 0.3 is 0 Å². The van der Waals surface area contributed by atoms with Gasteiger partial charge in [-0.25, -0.2) is 8.78 Å². The maximum absolute atomic E-state index is 13.2. The quantitative estimate of drug-likeness (QED) is 0.634. The molecule has 1 heterocycles. The minimum atomic E-state index is -0.609. The number of nitrogens with two attached hydrogens (primary N) is 1. The van der Waals surface area contributed by atoms with Crippen LogP contribution in [0.1, 0.15) is 24.1 Å². The van der Waals surface area contributed by atoms with Gasteiger partial charge < -0.3 is 4.74 Å². The van der Waals surface area contributed by atoms with Gasteiger partial charge in [-0.2, -0.15) is 0 Å². The van der Waals surface area contributed by atoms with Gasteiger partial charge in [0, 0.05) is 12.3 Å². The van der Waals surface area contributed by atoms with Crippen molar-refractivity contribution in [2.45, 2.75) is 19.4 Å². The van der Waals surface area contributed by atoms with Gasteiger partial charge in [-0.3, -0.25) is 16.3 Å². The number of pyridine rings is 1. The van der Waals surface area contributed by atoms with Crippen LogP contribution in [0.15, 0.2) is 36.7 Å². The van der Waals surface area contributed by atoms with Gasteiger partial charge in [0.15, 0.2) is 0 Å². The highest BCUT2D eigenvalue weighted by molar-refractivity contribution is 5.28. The molecule has 21 heavy (non-hydrogen) atoms. The van der Waals surface area contributed by atoms with E-state index in [1.54, 1.807) is 18.5 Å². The van der Waals surface area contributed by atoms with Crippen LogP contribution in [-0.2, 0) is 6.42 Å². The second-order valence-electron chi connectivity index (χ2n) is 4.59. The van der Waals surface area contributed by atoms with Crippen molar-refractivity contribution in [1.82, 2.24) is 10.4 Å². The summed E-state index contributed by atoms with van der Waals surface area (Å²) in [5.41, 5.74) is 3.93. The Balaban J connectivity index is 2.21. The molecule has 1 atom stereocenters. The molecule has 6 heteroatoms. The standard InChI is InChI=1S/C15H17F2N3O/c1-2-21-14-6-11(8-19-9-14)15(20-18)5-10-3-12(16)7-13(17)4-10/h3-4,6-9,15,20H,2,5,18H2,1H3. The fourth-order valence-corrected chi connectivity index (χ4v) is 2.11. The highest BCUT2D eigenvalue weighted by Crippen LogP contribution is 2.22. The van der Waals surface area contributed by atoms with E-state index in [0.717, 1.165) is 11.6 Å². The number of hydrazine groups is 1. The van der Waals surface area contributed by atoms with Crippen LogP contribution in [0, 0.1) is 11.6 Å². The largest absolute Gasteiger partial charge is 0.492 e. The molecule has 2 aromatic rings. The van der Waals surface area contributed by atoms with Crippen LogP contribution in [0.4, 0.5) is 8.78 Å². The van der Waals surface area contributed by atoms with Crippen molar-refractivity contribution >= 4 is 0 Å². The third-order valence-corrected chi connectivity index (χ3v) is 3.01. The van der Waals surface area contributed by atoms with Gasteiger partial charge in [-0.1, -0.05) is 0 Å². The Morgan fingerprint density at radius 3 is 2.52 bits per heavy atom. The Morgan fingerprint density at radius 2 is 1.90 bits per heavy atom. The van der Waals surface area contributed by atoms with Crippen molar-refractivity contribution < 1.29 is 13.5 Å². The molecular weight excluding hydrogens is 276 g/mol. The van der Waals surface area contributed by atoms with Crippen LogP contribution in [0.3, 0.4) is 0 Å². The molecule has 1 unspecified atom stereocenters. The highest BCUT2D eigenvalue weighted by atomic mass is 19.1. The fourth-order valence-electron chi connectivity index (χ4n) is 2.11. The van der Waals surface area contributed by atoms with Gasteiger partial charge in [0.2, 0.25) is 0 Å². The summed E-state index contributed by atoms with van der Waals surface area (Å²) in [5.74, 6) is 4.95. The summed E-state index contributed by atoms with van der Waals surface area (Å²) in [7, 11) is 0. The van der Waals surface area contributed by atoms with Gasteiger partial charge in [0.05, 0.1) is 18.8 Å². The van der Waals surface area contributed by atoms with Gasteiger partial charge in [-0.15, -0.1) is 0 Å². The van der Waals surface area contributed by atoms with Gasteiger partial charge in [0.25, 0.3) is 0 Å². The molecule has 0 saturated heterocycles. The van der Waals surface area contributed by atoms with E-state index in [2.05, 4.69) is 10.4 Å². The predicted octanol–water partition coefficient (Wildman–Crippen LogP) is 2.51. The lowest BCUT2D eigenvalue weighted by atomic mass is 10.0. The van der Waals surface area contributed by atoms with Crippen molar-refractivity contribution in [2.75, 3.05) is 6.61 Å². The molecule has 1 aromatic carbocycles. The number of ether oxygens (including phenoxy) is 1. The first-order chi connectivity index (χ1) is 10.1. The number of hydrogen-bond acceptors (Lipinski definition) is 4. The van der Waals surface area contributed by atoms with E-state index >= 15 is 0 Å². The van der Waals surface area contributed by atoms with Gasteiger partial charge in [0.1, 0.15) is 17.4 Å². The van der Waals surface area contributed by atoms with E-state index < -0.39 is 11.6 Å². The average molecular weight is 293 g/mol. The predicted molar refractivity (Wildman–Crippen MR) is 75.5 cm³/mol. The molecule has 0 spiro atoms. The summed E-state index contributed by atoms with van der Waals surface area (Å²) >= 11 is 0. The average Bonchev–Trinajstić information content (AvgIpc) is 2.44. The normalized spacial score (nSPS) is 12.2. The lowest BCUT2D eigenvalue weighted by molar-refractivity contribution is 0.338. The molecule has 0 saturated carbocycles. The first-order valence-corrected chi connectivity index (χ1v) is 6.61. The molecule has 3 N–H and O–H groups in total. The van der Waals surface area contributed by atoms with Crippen LogP contribution in [0.25, 0.3) is 0 Å². The van der Waals surface area contributed by atoms with Crippen LogP contribution in [-0.4, -0.2) is 11.6 Å². The lowest BCUT2D eigenvalue weighted by Gasteiger charge is -2.17. The van der Waals surface area contributed by atoms with E-state index in [1.165, 1.54) is 12.1 Å². The molecule has 0 amide bonds.